The molecule has 3 rings (SSSR count). The summed E-state index contributed by atoms with van der Waals surface area (Å²) in [4.78, 5) is 10.8. The van der Waals surface area contributed by atoms with Crippen molar-refractivity contribution in [2.24, 2.45) is 5.92 Å². The highest BCUT2D eigenvalue weighted by Gasteiger charge is 2.24. The first kappa shape index (κ1) is 11.4. The van der Waals surface area contributed by atoms with Crippen LogP contribution in [0.5, 0.6) is 0 Å². The minimum Gasteiger partial charge on any atom is -0.396 e. The average Bonchev–Trinajstić information content (AvgIpc) is 2.68. The fourth-order valence-corrected chi connectivity index (χ4v) is 4.06. The predicted octanol–water partition coefficient (Wildman–Crippen LogP) is 2.83. The molecule has 1 unspecified atom stereocenters. The Hall–Kier alpha value is -0.710. The van der Waals surface area contributed by atoms with E-state index in [1.54, 1.807) is 11.3 Å². The van der Waals surface area contributed by atoms with Gasteiger partial charge in [-0.05, 0) is 37.2 Å². The van der Waals surface area contributed by atoms with Crippen molar-refractivity contribution in [3.05, 3.63) is 21.9 Å². The van der Waals surface area contributed by atoms with Gasteiger partial charge in [-0.15, -0.1) is 11.3 Å². The molecule has 2 aromatic heterocycles. The Balaban J connectivity index is 2.08. The molecule has 0 amide bonds. The zero-order valence-electron chi connectivity index (χ0n) is 9.32. The van der Waals surface area contributed by atoms with Gasteiger partial charge < -0.3 is 5.11 Å². The summed E-state index contributed by atoms with van der Waals surface area (Å²) in [6, 6.07) is 0. The smallest absolute Gasteiger partial charge is 0.141 e. The maximum atomic E-state index is 9.04. The highest BCUT2D eigenvalue weighted by atomic mass is 35.5. The molecule has 1 aliphatic carbocycles. The van der Waals surface area contributed by atoms with Gasteiger partial charge in [-0.1, -0.05) is 11.6 Å². The molecular formula is C12H13ClN2OS. The number of aryl methyl sites for hydroxylation is 1. The molecule has 0 saturated heterocycles. The van der Waals surface area contributed by atoms with Crippen molar-refractivity contribution in [2.45, 2.75) is 25.7 Å². The minimum atomic E-state index is 0.270. The third-order valence-electron chi connectivity index (χ3n) is 3.43. The summed E-state index contributed by atoms with van der Waals surface area (Å²) < 4.78 is 0. The molecule has 5 heteroatoms. The van der Waals surface area contributed by atoms with Crippen molar-refractivity contribution >= 4 is 33.2 Å². The summed E-state index contributed by atoms with van der Waals surface area (Å²) in [6.45, 7) is 0.270. The minimum absolute atomic E-state index is 0.270. The second-order valence-corrected chi connectivity index (χ2v) is 5.91. The van der Waals surface area contributed by atoms with Crippen LogP contribution in [0, 0.1) is 5.92 Å². The van der Waals surface area contributed by atoms with Gasteiger partial charge in [-0.2, -0.15) is 0 Å². The summed E-state index contributed by atoms with van der Waals surface area (Å²) in [6.07, 6.45) is 5.64. The molecule has 1 aliphatic rings. The summed E-state index contributed by atoms with van der Waals surface area (Å²) in [5.41, 5.74) is 1.32. The van der Waals surface area contributed by atoms with E-state index in [2.05, 4.69) is 9.97 Å². The maximum Gasteiger partial charge on any atom is 0.141 e. The molecule has 3 nitrogen and oxygen atoms in total. The molecule has 17 heavy (non-hydrogen) atoms. The Kier molecular flexibility index (Phi) is 3.03. The second-order valence-electron chi connectivity index (χ2n) is 4.47. The van der Waals surface area contributed by atoms with Crippen molar-refractivity contribution in [1.29, 1.82) is 0 Å². The van der Waals surface area contributed by atoms with Crippen molar-refractivity contribution in [3.8, 4) is 0 Å². The number of aliphatic hydroxyl groups excluding tert-OH is 1. The highest BCUT2D eigenvalue weighted by molar-refractivity contribution is 7.19. The summed E-state index contributed by atoms with van der Waals surface area (Å²) in [7, 11) is 0. The lowest BCUT2D eigenvalue weighted by Crippen LogP contribution is -2.13. The average molecular weight is 269 g/mol. The molecule has 0 bridgehead atoms. The van der Waals surface area contributed by atoms with Crippen LogP contribution in [-0.2, 0) is 12.8 Å². The topological polar surface area (TPSA) is 46.0 Å². The molecule has 0 spiro atoms. The largest absolute Gasteiger partial charge is 0.396 e. The van der Waals surface area contributed by atoms with Gasteiger partial charge in [0, 0.05) is 11.5 Å². The Labute approximate surface area is 108 Å². The van der Waals surface area contributed by atoms with Crippen molar-refractivity contribution in [3.63, 3.8) is 0 Å². The van der Waals surface area contributed by atoms with Crippen LogP contribution in [-0.4, -0.2) is 21.7 Å². The lowest BCUT2D eigenvalue weighted by Gasteiger charge is -2.21. The first-order chi connectivity index (χ1) is 8.29. The van der Waals surface area contributed by atoms with Gasteiger partial charge in [0.25, 0.3) is 0 Å². The number of thiophene rings is 1. The van der Waals surface area contributed by atoms with E-state index in [0.29, 0.717) is 11.1 Å². The Morgan fingerprint density at radius 2 is 2.35 bits per heavy atom. The summed E-state index contributed by atoms with van der Waals surface area (Å²) in [5.74, 6) is 0.571. The molecule has 0 aliphatic heterocycles. The number of hydrogen-bond acceptors (Lipinski definition) is 4. The van der Waals surface area contributed by atoms with Gasteiger partial charge >= 0.3 is 0 Å². The number of aliphatic hydroxyl groups is 1. The van der Waals surface area contributed by atoms with Gasteiger partial charge in [-0.3, -0.25) is 0 Å². The summed E-state index contributed by atoms with van der Waals surface area (Å²) in [5, 5.41) is 10.6. The van der Waals surface area contributed by atoms with Crippen LogP contribution in [0.4, 0.5) is 0 Å². The number of aromatic nitrogens is 2. The van der Waals surface area contributed by atoms with Crippen LogP contribution < -0.4 is 0 Å². The molecule has 0 radical (unpaired) electrons. The molecule has 2 aromatic rings. The van der Waals surface area contributed by atoms with E-state index in [9.17, 15) is 0 Å². The Morgan fingerprint density at radius 1 is 1.47 bits per heavy atom. The summed E-state index contributed by atoms with van der Waals surface area (Å²) >= 11 is 7.90. The molecule has 1 atom stereocenters. The van der Waals surface area contributed by atoms with E-state index in [-0.39, 0.29) is 6.61 Å². The maximum absolute atomic E-state index is 9.04. The lowest BCUT2D eigenvalue weighted by atomic mass is 9.85. The molecule has 2 heterocycles. The van der Waals surface area contributed by atoms with Crippen LogP contribution in [0.25, 0.3) is 10.2 Å². The molecule has 0 fully saturated rings. The van der Waals surface area contributed by atoms with Crippen LogP contribution in [0.3, 0.4) is 0 Å². The second kappa shape index (κ2) is 4.52. The molecule has 0 aromatic carbocycles. The van der Waals surface area contributed by atoms with Crippen molar-refractivity contribution < 1.29 is 5.11 Å². The van der Waals surface area contributed by atoms with Crippen molar-refractivity contribution in [1.82, 2.24) is 9.97 Å². The molecule has 1 N–H and O–H groups in total. The molecule has 90 valence electrons. The first-order valence-corrected chi connectivity index (χ1v) is 7.00. The number of rotatable bonds is 2. The number of fused-ring (bicyclic) bond motifs is 3. The fraction of sp³-hybridized carbons (Fsp3) is 0.500. The van der Waals surface area contributed by atoms with E-state index in [4.69, 9.17) is 16.7 Å². The van der Waals surface area contributed by atoms with Crippen LogP contribution in [0.2, 0.25) is 5.15 Å². The van der Waals surface area contributed by atoms with Gasteiger partial charge in [0.15, 0.2) is 0 Å². The fourth-order valence-electron chi connectivity index (χ4n) is 2.57. The van der Waals surface area contributed by atoms with Crippen LogP contribution in [0.15, 0.2) is 6.33 Å². The predicted molar refractivity (Wildman–Crippen MR) is 69.6 cm³/mol. The molecule has 0 saturated carbocycles. The lowest BCUT2D eigenvalue weighted by molar-refractivity contribution is 0.249. The van der Waals surface area contributed by atoms with E-state index in [1.807, 2.05) is 0 Å². The zero-order valence-corrected chi connectivity index (χ0v) is 10.9. The highest BCUT2D eigenvalue weighted by Crippen LogP contribution is 2.40. The quantitative estimate of drug-likeness (QED) is 0.852. The number of halogens is 1. The van der Waals surface area contributed by atoms with Gasteiger partial charge in [0.2, 0.25) is 0 Å². The number of nitrogens with zero attached hydrogens (tertiary/aromatic N) is 2. The van der Waals surface area contributed by atoms with E-state index < -0.39 is 0 Å². The van der Waals surface area contributed by atoms with Gasteiger partial charge in [-0.25, -0.2) is 9.97 Å². The Morgan fingerprint density at radius 3 is 3.18 bits per heavy atom. The van der Waals surface area contributed by atoms with E-state index >= 15 is 0 Å². The van der Waals surface area contributed by atoms with Crippen LogP contribution >= 0.6 is 22.9 Å². The standard InChI is InChI=1S/C12H13ClN2OS/c13-11-10-8-5-7(3-4-16)1-2-9(8)17-12(10)15-6-14-11/h6-7,16H,1-5H2. The van der Waals surface area contributed by atoms with Crippen molar-refractivity contribution in [2.75, 3.05) is 6.61 Å². The Bertz CT molecular complexity index is 555. The van der Waals surface area contributed by atoms with Crippen LogP contribution in [0.1, 0.15) is 23.3 Å². The van der Waals surface area contributed by atoms with E-state index in [0.717, 1.165) is 35.9 Å². The normalized spacial score (nSPS) is 19.5. The monoisotopic (exact) mass is 268 g/mol. The van der Waals surface area contributed by atoms with E-state index in [1.165, 1.54) is 16.8 Å². The third kappa shape index (κ3) is 1.94. The SMILES string of the molecule is OCCC1CCc2sc3ncnc(Cl)c3c2C1. The van der Waals surface area contributed by atoms with Gasteiger partial charge in [0.05, 0.1) is 5.39 Å². The third-order valence-corrected chi connectivity index (χ3v) is 4.92. The number of hydrogen-bond donors (Lipinski definition) is 1. The first-order valence-electron chi connectivity index (χ1n) is 5.81. The molecular weight excluding hydrogens is 256 g/mol. The van der Waals surface area contributed by atoms with Gasteiger partial charge in [0.1, 0.15) is 16.3 Å². The zero-order chi connectivity index (χ0) is 11.8.